The minimum atomic E-state index is -0.444. The summed E-state index contributed by atoms with van der Waals surface area (Å²) in [6.45, 7) is 11.5. The molecule has 1 fully saturated rings. The summed E-state index contributed by atoms with van der Waals surface area (Å²) in [6.07, 6.45) is 5.02. The van der Waals surface area contributed by atoms with Crippen LogP contribution in [0.4, 0.5) is 0 Å². The van der Waals surface area contributed by atoms with Gasteiger partial charge in [-0.15, -0.1) is 0 Å². The lowest BCUT2D eigenvalue weighted by molar-refractivity contribution is -0.125. The zero-order valence-corrected chi connectivity index (χ0v) is 12.7. The molecule has 0 aromatic carbocycles. The molecule has 1 rings (SSSR count). The standard InChI is InChI=1S/C15H30N2O/c1-14(2,3)11-6-8-12(9-7-11)17-10-15(4,5)13(16)18/h11-12,17H,6-10H2,1-5H3,(H2,16,18). The molecule has 0 radical (unpaired) electrons. The van der Waals surface area contributed by atoms with Gasteiger partial charge in [-0.3, -0.25) is 4.79 Å². The molecule has 1 aliphatic rings. The zero-order chi connectivity index (χ0) is 14.0. The summed E-state index contributed by atoms with van der Waals surface area (Å²) in [4.78, 5) is 11.3. The first-order chi connectivity index (χ1) is 8.13. The Bertz CT molecular complexity index is 283. The van der Waals surface area contributed by atoms with E-state index < -0.39 is 5.41 Å². The van der Waals surface area contributed by atoms with Gasteiger partial charge in [-0.05, 0) is 50.9 Å². The Hall–Kier alpha value is -0.570. The van der Waals surface area contributed by atoms with Crippen molar-refractivity contribution in [2.45, 2.75) is 66.3 Å². The number of nitrogens with two attached hydrogens (primary N) is 1. The summed E-state index contributed by atoms with van der Waals surface area (Å²) < 4.78 is 0. The predicted octanol–water partition coefficient (Wildman–Crippen LogP) is 2.69. The van der Waals surface area contributed by atoms with Crippen molar-refractivity contribution < 1.29 is 4.79 Å². The molecule has 1 amide bonds. The molecule has 18 heavy (non-hydrogen) atoms. The van der Waals surface area contributed by atoms with Crippen LogP contribution in [0.15, 0.2) is 0 Å². The SMILES string of the molecule is CC(C)(CNC1CCC(C(C)(C)C)CC1)C(N)=O. The van der Waals surface area contributed by atoms with Crippen LogP contribution in [-0.2, 0) is 4.79 Å². The first kappa shape index (κ1) is 15.5. The number of amides is 1. The van der Waals surface area contributed by atoms with Crippen molar-refractivity contribution in [1.29, 1.82) is 0 Å². The van der Waals surface area contributed by atoms with Crippen molar-refractivity contribution in [2.24, 2.45) is 22.5 Å². The smallest absolute Gasteiger partial charge is 0.224 e. The summed E-state index contributed by atoms with van der Waals surface area (Å²) in [6, 6.07) is 0.558. The average Bonchev–Trinajstić information content (AvgIpc) is 2.25. The number of primary amides is 1. The fourth-order valence-electron chi connectivity index (χ4n) is 2.65. The van der Waals surface area contributed by atoms with Crippen LogP contribution in [0.25, 0.3) is 0 Å². The van der Waals surface area contributed by atoms with Gasteiger partial charge in [0.25, 0.3) is 0 Å². The maximum atomic E-state index is 11.3. The van der Waals surface area contributed by atoms with Crippen LogP contribution < -0.4 is 11.1 Å². The molecule has 0 atom stereocenters. The van der Waals surface area contributed by atoms with Crippen molar-refractivity contribution in [3.63, 3.8) is 0 Å². The van der Waals surface area contributed by atoms with E-state index in [4.69, 9.17) is 5.73 Å². The molecule has 3 N–H and O–H groups in total. The normalized spacial score (nSPS) is 26.1. The largest absolute Gasteiger partial charge is 0.369 e. The summed E-state index contributed by atoms with van der Waals surface area (Å²) >= 11 is 0. The van der Waals surface area contributed by atoms with E-state index in [-0.39, 0.29) is 5.91 Å². The summed E-state index contributed by atoms with van der Waals surface area (Å²) in [5, 5.41) is 3.51. The van der Waals surface area contributed by atoms with Gasteiger partial charge in [0.15, 0.2) is 0 Å². The van der Waals surface area contributed by atoms with Gasteiger partial charge in [-0.1, -0.05) is 20.8 Å². The second kappa shape index (κ2) is 5.60. The quantitative estimate of drug-likeness (QED) is 0.810. The van der Waals surface area contributed by atoms with Gasteiger partial charge in [-0.25, -0.2) is 0 Å². The maximum Gasteiger partial charge on any atom is 0.224 e. The van der Waals surface area contributed by atoms with Gasteiger partial charge in [-0.2, -0.15) is 0 Å². The minimum absolute atomic E-state index is 0.224. The van der Waals surface area contributed by atoms with Crippen molar-refractivity contribution in [1.82, 2.24) is 5.32 Å². The second-order valence-corrected chi connectivity index (χ2v) is 7.54. The lowest BCUT2D eigenvalue weighted by atomic mass is 9.71. The molecule has 0 aliphatic heterocycles. The highest BCUT2D eigenvalue weighted by Gasteiger charge is 2.31. The lowest BCUT2D eigenvalue weighted by Gasteiger charge is -2.38. The van der Waals surface area contributed by atoms with Crippen LogP contribution in [0.1, 0.15) is 60.3 Å². The third-order valence-electron chi connectivity index (χ3n) is 4.45. The van der Waals surface area contributed by atoms with E-state index in [9.17, 15) is 4.79 Å². The van der Waals surface area contributed by atoms with E-state index in [0.29, 0.717) is 18.0 Å². The highest BCUT2D eigenvalue weighted by molar-refractivity contribution is 5.80. The number of nitrogens with one attached hydrogen (secondary N) is 1. The van der Waals surface area contributed by atoms with Crippen molar-refractivity contribution in [3.8, 4) is 0 Å². The Morgan fingerprint density at radius 3 is 2.00 bits per heavy atom. The third kappa shape index (κ3) is 4.27. The van der Waals surface area contributed by atoms with E-state index in [1.807, 2.05) is 13.8 Å². The van der Waals surface area contributed by atoms with E-state index in [1.54, 1.807) is 0 Å². The fourth-order valence-corrected chi connectivity index (χ4v) is 2.65. The van der Waals surface area contributed by atoms with Gasteiger partial charge in [0.05, 0.1) is 5.41 Å². The maximum absolute atomic E-state index is 11.3. The molecule has 1 saturated carbocycles. The Morgan fingerprint density at radius 2 is 1.61 bits per heavy atom. The number of rotatable bonds is 4. The van der Waals surface area contributed by atoms with Crippen LogP contribution in [0.2, 0.25) is 0 Å². The van der Waals surface area contributed by atoms with Gasteiger partial charge >= 0.3 is 0 Å². The van der Waals surface area contributed by atoms with Gasteiger partial charge in [0.1, 0.15) is 0 Å². The molecule has 0 bridgehead atoms. The molecule has 0 unspecified atom stereocenters. The van der Waals surface area contributed by atoms with E-state index in [2.05, 4.69) is 26.1 Å². The number of hydrogen-bond acceptors (Lipinski definition) is 2. The summed E-state index contributed by atoms with van der Waals surface area (Å²) in [7, 11) is 0. The van der Waals surface area contributed by atoms with Crippen LogP contribution >= 0.6 is 0 Å². The molecule has 0 saturated heterocycles. The van der Waals surface area contributed by atoms with Crippen molar-refractivity contribution >= 4 is 5.91 Å². The Kier molecular flexibility index (Phi) is 4.82. The molecule has 3 heteroatoms. The van der Waals surface area contributed by atoms with E-state index >= 15 is 0 Å². The highest BCUT2D eigenvalue weighted by Crippen LogP contribution is 2.37. The summed E-state index contributed by atoms with van der Waals surface area (Å²) in [5.74, 6) is 0.609. The first-order valence-corrected chi connectivity index (χ1v) is 7.16. The predicted molar refractivity (Wildman–Crippen MR) is 76.2 cm³/mol. The van der Waals surface area contributed by atoms with E-state index in [0.717, 1.165) is 5.92 Å². The number of carbonyl (C=O) groups excluding carboxylic acids is 1. The molecule has 1 aliphatic carbocycles. The molecular formula is C15H30N2O. The van der Waals surface area contributed by atoms with Gasteiger partial charge in [0.2, 0.25) is 5.91 Å². The highest BCUT2D eigenvalue weighted by atomic mass is 16.1. The Balaban J connectivity index is 2.35. The van der Waals surface area contributed by atoms with Gasteiger partial charge < -0.3 is 11.1 Å². The molecule has 106 valence electrons. The fraction of sp³-hybridized carbons (Fsp3) is 0.933. The molecule has 0 spiro atoms. The van der Waals surface area contributed by atoms with Crippen molar-refractivity contribution in [2.75, 3.05) is 6.54 Å². The van der Waals surface area contributed by atoms with Crippen LogP contribution in [-0.4, -0.2) is 18.5 Å². The Labute approximate surface area is 112 Å². The zero-order valence-electron chi connectivity index (χ0n) is 12.7. The monoisotopic (exact) mass is 254 g/mol. The third-order valence-corrected chi connectivity index (χ3v) is 4.45. The van der Waals surface area contributed by atoms with Crippen LogP contribution in [0.5, 0.6) is 0 Å². The number of hydrogen-bond donors (Lipinski definition) is 2. The minimum Gasteiger partial charge on any atom is -0.369 e. The van der Waals surface area contributed by atoms with E-state index in [1.165, 1.54) is 25.7 Å². The van der Waals surface area contributed by atoms with Crippen LogP contribution in [0, 0.1) is 16.7 Å². The molecular weight excluding hydrogens is 224 g/mol. The number of carbonyl (C=O) groups is 1. The molecule has 0 aromatic heterocycles. The van der Waals surface area contributed by atoms with Crippen LogP contribution in [0.3, 0.4) is 0 Å². The lowest BCUT2D eigenvalue weighted by Crippen LogP contribution is -2.45. The van der Waals surface area contributed by atoms with Gasteiger partial charge in [0, 0.05) is 12.6 Å². The first-order valence-electron chi connectivity index (χ1n) is 7.16. The molecule has 3 nitrogen and oxygen atoms in total. The molecule has 0 aromatic rings. The second-order valence-electron chi connectivity index (χ2n) is 7.54. The Morgan fingerprint density at radius 1 is 1.11 bits per heavy atom. The average molecular weight is 254 g/mol. The van der Waals surface area contributed by atoms with Crippen molar-refractivity contribution in [3.05, 3.63) is 0 Å². The topological polar surface area (TPSA) is 55.1 Å². The summed E-state index contributed by atoms with van der Waals surface area (Å²) in [5.41, 5.74) is 5.37. The molecule has 0 heterocycles.